The highest BCUT2D eigenvalue weighted by Gasteiger charge is 2.11. The summed E-state index contributed by atoms with van der Waals surface area (Å²) in [6, 6.07) is 12.5. The van der Waals surface area contributed by atoms with E-state index in [1.54, 1.807) is 18.2 Å². The number of nitrogens with zero attached hydrogens (tertiary/aromatic N) is 1. The molecule has 4 nitrogen and oxygen atoms in total. The van der Waals surface area contributed by atoms with E-state index in [2.05, 4.69) is 0 Å². The first-order valence-electron chi connectivity index (χ1n) is 5.89. The molecule has 0 atom stereocenters. The molecule has 0 saturated carbocycles. The van der Waals surface area contributed by atoms with Gasteiger partial charge in [0.2, 0.25) is 0 Å². The van der Waals surface area contributed by atoms with Crippen molar-refractivity contribution in [3.63, 3.8) is 0 Å². The molecule has 0 amide bonds. The summed E-state index contributed by atoms with van der Waals surface area (Å²) in [4.78, 5) is 0. The third-order valence-corrected chi connectivity index (χ3v) is 2.94. The number of benzene rings is 2. The fraction of sp³-hybridized carbons (Fsp3) is 0.133. The topological polar surface area (TPSA) is 68.3 Å². The van der Waals surface area contributed by atoms with Crippen molar-refractivity contribution in [1.29, 1.82) is 5.26 Å². The second kappa shape index (κ2) is 6.18. The minimum Gasteiger partial charge on any atom is -0.493 e. The van der Waals surface area contributed by atoms with Gasteiger partial charge in [0, 0.05) is 11.1 Å². The number of anilines is 1. The van der Waals surface area contributed by atoms with Gasteiger partial charge in [0.25, 0.3) is 0 Å². The molecule has 0 aliphatic carbocycles. The summed E-state index contributed by atoms with van der Waals surface area (Å²) in [5.74, 6) is 0.857. The predicted octanol–water partition coefficient (Wildman–Crippen LogP) is 3.38. The van der Waals surface area contributed by atoms with Gasteiger partial charge in [-0.05, 0) is 23.8 Å². The summed E-state index contributed by atoms with van der Waals surface area (Å²) in [5, 5.41) is 9.54. The largest absolute Gasteiger partial charge is 0.493 e. The number of nitrogen functional groups attached to an aromatic ring is 1. The number of nitrogens with two attached hydrogens (primary N) is 1. The van der Waals surface area contributed by atoms with Gasteiger partial charge in [0.15, 0.2) is 11.5 Å². The van der Waals surface area contributed by atoms with Crippen LogP contribution >= 0.6 is 11.6 Å². The van der Waals surface area contributed by atoms with Crippen LogP contribution in [0.25, 0.3) is 0 Å². The van der Waals surface area contributed by atoms with Crippen LogP contribution in [0.15, 0.2) is 36.4 Å². The molecule has 2 N–H and O–H groups in total. The lowest BCUT2D eigenvalue weighted by atomic mass is 10.2. The second-order valence-electron chi connectivity index (χ2n) is 4.13. The molecule has 0 fully saturated rings. The van der Waals surface area contributed by atoms with Gasteiger partial charge in [0.1, 0.15) is 6.61 Å². The molecule has 0 heterocycles. The molecule has 5 heteroatoms. The zero-order valence-electron chi connectivity index (χ0n) is 10.9. The Morgan fingerprint density at radius 3 is 2.75 bits per heavy atom. The normalized spacial score (nSPS) is 9.85. The highest BCUT2D eigenvalue weighted by Crippen LogP contribution is 2.35. The van der Waals surface area contributed by atoms with Gasteiger partial charge in [-0.25, -0.2) is 0 Å². The Labute approximate surface area is 122 Å². The average molecular weight is 289 g/mol. The van der Waals surface area contributed by atoms with E-state index < -0.39 is 0 Å². The monoisotopic (exact) mass is 288 g/mol. The smallest absolute Gasteiger partial charge is 0.184 e. The molecule has 0 spiro atoms. The van der Waals surface area contributed by atoms with Crippen molar-refractivity contribution in [2.45, 2.75) is 6.61 Å². The maximum absolute atomic E-state index is 8.89. The number of nitriles is 1. The van der Waals surface area contributed by atoms with Crippen LogP contribution in [0.2, 0.25) is 5.02 Å². The molecule has 20 heavy (non-hydrogen) atoms. The van der Waals surface area contributed by atoms with E-state index in [-0.39, 0.29) is 0 Å². The van der Waals surface area contributed by atoms with Gasteiger partial charge in [-0.2, -0.15) is 5.26 Å². The molecule has 2 rings (SSSR count). The standard InChI is InChI=1S/C15H13ClN2O2/c1-19-14-7-11(8-17)6-13(18)15(14)20-9-10-3-2-4-12(16)5-10/h2-7H,9,18H2,1H3. The first-order chi connectivity index (χ1) is 9.63. The maximum Gasteiger partial charge on any atom is 0.184 e. The molecule has 0 aliphatic heterocycles. The van der Waals surface area contributed by atoms with Gasteiger partial charge >= 0.3 is 0 Å². The van der Waals surface area contributed by atoms with Crippen LogP contribution in [-0.2, 0) is 6.61 Å². The summed E-state index contributed by atoms with van der Waals surface area (Å²) in [5.41, 5.74) is 7.59. The first-order valence-corrected chi connectivity index (χ1v) is 6.26. The van der Waals surface area contributed by atoms with E-state index in [1.807, 2.05) is 24.3 Å². The molecule has 0 aromatic heterocycles. The van der Waals surface area contributed by atoms with Crippen LogP contribution < -0.4 is 15.2 Å². The molecule has 0 unspecified atom stereocenters. The highest BCUT2D eigenvalue weighted by atomic mass is 35.5. The zero-order chi connectivity index (χ0) is 14.5. The Kier molecular flexibility index (Phi) is 4.34. The van der Waals surface area contributed by atoms with Crippen molar-refractivity contribution in [3.8, 4) is 17.6 Å². The maximum atomic E-state index is 8.89. The number of hydrogen-bond donors (Lipinski definition) is 1. The summed E-state index contributed by atoms with van der Waals surface area (Å²) >= 11 is 5.92. The van der Waals surface area contributed by atoms with E-state index in [4.69, 9.17) is 32.1 Å². The third-order valence-electron chi connectivity index (χ3n) is 2.70. The van der Waals surface area contributed by atoms with Gasteiger partial charge < -0.3 is 15.2 Å². The SMILES string of the molecule is COc1cc(C#N)cc(N)c1OCc1cccc(Cl)c1. The molecule has 0 bridgehead atoms. The summed E-state index contributed by atoms with van der Waals surface area (Å²) in [7, 11) is 1.50. The Morgan fingerprint density at radius 1 is 1.30 bits per heavy atom. The van der Waals surface area contributed by atoms with E-state index in [0.29, 0.717) is 34.4 Å². The quantitative estimate of drug-likeness (QED) is 0.876. The van der Waals surface area contributed by atoms with Crippen LogP contribution in [0.1, 0.15) is 11.1 Å². The zero-order valence-corrected chi connectivity index (χ0v) is 11.6. The van der Waals surface area contributed by atoms with Crippen LogP contribution in [0.3, 0.4) is 0 Å². The summed E-state index contributed by atoms with van der Waals surface area (Å²) in [6.45, 7) is 0.313. The molecule has 0 aliphatic rings. The van der Waals surface area contributed by atoms with Crippen molar-refractivity contribution >= 4 is 17.3 Å². The Balaban J connectivity index is 2.23. The van der Waals surface area contributed by atoms with E-state index in [0.717, 1.165) is 5.56 Å². The average Bonchev–Trinajstić information content (AvgIpc) is 2.45. The number of halogens is 1. The minimum absolute atomic E-state index is 0.313. The Morgan fingerprint density at radius 2 is 2.10 bits per heavy atom. The fourth-order valence-electron chi connectivity index (χ4n) is 1.78. The number of methoxy groups -OCH3 is 1. The van der Waals surface area contributed by atoms with Gasteiger partial charge in [-0.15, -0.1) is 0 Å². The van der Waals surface area contributed by atoms with Crippen molar-refractivity contribution in [2.75, 3.05) is 12.8 Å². The molecule has 102 valence electrons. The fourth-order valence-corrected chi connectivity index (χ4v) is 1.99. The predicted molar refractivity (Wildman–Crippen MR) is 77.9 cm³/mol. The minimum atomic E-state index is 0.313. The van der Waals surface area contributed by atoms with Gasteiger partial charge in [-0.3, -0.25) is 0 Å². The lowest BCUT2D eigenvalue weighted by Crippen LogP contribution is -2.01. The lowest BCUT2D eigenvalue weighted by Gasteiger charge is -2.13. The first kappa shape index (κ1) is 14.0. The van der Waals surface area contributed by atoms with Crippen LogP contribution in [0.4, 0.5) is 5.69 Å². The van der Waals surface area contributed by atoms with Crippen molar-refractivity contribution < 1.29 is 9.47 Å². The summed E-state index contributed by atoms with van der Waals surface area (Å²) < 4.78 is 10.9. The molecular formula is C15H13ClN2O2. The number of hydrogen-bond acceptors (Lipinski definition) is 4. The van der Waals surface area contributed by atoms with Crippen molar-refractivity contribution in [2.24, 2.45) is 0 Å². The second-order valence-corrected chi connectivity index (χ2v) is 4.56. The van der Waals surface area contributed by atoms with E-state index in [9.17, 15) is 0 Å². The molecular weight excluding hydrogens is 276 g/mol. The van der Waals surface area contributed by atoms with Crippen LogP contribution in [-0.4, -0.2) is 7.11 Å². The summed E-state index contributed by atoms with van der Waals surface area (Å²) in [6.07, 6.45) is 0. The van der Waals surface area contributed by atoms with Gasteiger partial charge in [-0.1, -0.05) is 23.7 Å². The molecule has 2 aromatic carbocycles. The van der Waals surface area contributed by atoms with Gasteiger partial charge in [0.05, 0.1) is 24.4 Å². The van der Waals surface area contributed by atoms with Crippen LogP contribution in [0, 0.1) is 11.3 Å². The Bertz CT molecular complexity index is 665. The third kappa shape index (κ3) is 3.14. The Hall–Kier alpha value is -2.38. The number of rotatable bonds is 4. The van der Waals surface area contributed by atoms with Crippen LogP contribution in [0.5, 0.6) is 11.5 Å². The molecule has 2 aromatic rings. The highest BCUT2D eigenvalue weighted by molar-refractivity contribution is 6.30. The lowest BCUT2D eigenvalue weighted by molar-refractivity contribution is 0.286. The molecule has 0 radical (unpaired) electrons. The number of ether oxygens (including phenoxy) is 2. The van der Waals surface area contributed by atoms with E-state index >= 15 is 0 Å². The van der Waals surface area contributed by atoms with Crippen molar-refractivity contribution in [3.05, 3.63) is 52.5 Å². The van der Waals surface area contributed by atoms with Crippen molar-refractivity contribution in [1.82, 2.24) is 0 Å². The van der Waals surface area contributed by atoms with E-state index in [1.165, 1.54) is 7.11 Å². The molecule has 0 saturated heterocycles.